The molecule has 1 unspecified atom stereocenters. The summed E-state index contributed by atoms with van der Waals surface area (Å²) >= 11 is 1.03. The number of nitrogens with two attached hydrogens (primary N) is 1. The van der Waals surface area contributed by atoms with E-state index in [0.717, 1.165) is 11.3 Å². The zero-order valence-corrected chi connectivity index (χ0v) is 13.3. The van der Waals surface area contributed by atoms with Crippen molar-refractivity contribution in [3.63, 3.8) is 0 Å². The summed E-state index contributed by atoms with van der Waals surface area (Å²) in [6, 6.07) is 0. The number of hydrogen-bond acceptors (Lipinski definition) is 6. The molecule has 0 spiro atoms. The SMILES string of the molecule is COC(=O)c1scc(C)c1S(=O)(=O)N1CCC(C(N)=O)C1. The van der Waals surface area contributed by atoms with Gasteiger partial charge in [0.2, 0.25) is 15.9 Å². The lowest BCUT2D eigenvalue weighted by Gasteiger charge is -2.17. The van der Waals surface area contributed by atoms with E-state index in [1.165, 1.54) is 11.4 Å². The van der Waals surface area contributed by atoms with E-state index in [1.54, 1.807) is 12.3 Å². The van der Waals surface area contributed by atoms with E-state index in [4.69, 9.17) is 5.73 Å². The summed E-state index contributed by atoms with van der Waals surface area (Å²) in [5, 5.41) is 1.60. The Hall–Kier alpha value is -1.45. The van der Waals surface area contributed by atoms with Gasteiger partial charge in [-0.05, 0) is 24.3 Å². The van der Waals surface area contributed by atoms with Gasteiger partial charge < -0.3 is 10.5 Å². The molecule has 1 aliphatic rings. The molecule has 7 nitrogen and oxygen atoms in total. The lowest BCUT2D eigenvalue weighted by Crippen LogP contribution is -2.32. The fraction of sp³-hybridized carbons (Fsp3) is 0.500. The number of aryl methyl sites for hydroxylation is 1. The maximum atomic E-state index is 12.7. The van der Waals surface area contributed by atoms with E-state index in [9.17, 15) is 18.0 Å². The molecular weight excluding hydrogens is 316 g/mol. The highest BCUT2D eigenvalue weighted by atomic mass is 32.2. The molecule has 2 rings (SSSR count). The second-order valence-corrected chi connectivity index (χ2v) is 7.57. The van der Waals surface area contributed by atoms with Crippen molar-refractivity contribution < 1.29 is 22.7 Å². The lowest BCUT2D eigenvalue weighted by molar-refractivity contribution is -0.121. The maximum Gasteiger partial charge on any atom is 0.349 e. The highest BCUT2D eigenvalue weighted by Gasteiger charge is 2.38. The van der Waals surface area contributed by atoms with Gasteiger partial charge in [0.1, 0.15) is 9.77 Å². The van der Waals surface area contributed by atoms with Crippen LogP contribution in [0.3, 0.4) is 0 Å². The first-order valence-electron chi connectivity index (χ1n) is 6.25. The quantitative estimate of drug-likeness (QED) is 0.800. The summed E-state index contributed by atoms with van der Waals surface area (Å²) in [5.74, 6) is -1.68. The highest BCUT2D eigenvalue weighted by molar-refractivity contribution is 7.89. The van der Waals surface area contributed by atoms with Crippen LogP contribution in [0.1, 0.15) is 21.7 Å². The number of rotatable bonds is 4. The Kier molecular flexibility index (Phi) is 4.35. The third-order valence-corrected chi connectivity index (χ3v) is 6.70. The molecule has 116 valence electrons. The van der Waals surface area contributed by atoms with Crippen LogP contribution in [0, 0.1) is 12.8 Å². The Balaban J connectivity index is 2.40. The van der Waals surface area contributed by atoms with Gasteiger partial charge in [-0.25, -0.2) is 13.2 Å². The summed E-state index contributed by atoms with van der Waals surface area (Å²) in [6.45, 7) is 1.89. The highest BCUT2D eigenvalue weighted by Crippen LogP contribution is 2.32. The van der Waals surface area contributed by atoms with Crippen molar-refractivity contribution in [1.82, 2.24) is 4.31 Å². The van der Waals surface area contributed by atoms with Crippen LogP contribution in [0.2, 0.25) is 0 Å². The first kappa shape index (κ1) is 15.9. The molecule has 1 atom stereocenters. The van der Waals surface area contributed by atoms with Crippen LogP contribution in [0.5, 0.6) is 0 Å². The number of thiophene rings is 1. The molecule has 1 aromatic heterocycles. The topological polar surface area (TPSA) is 107 Å². The smallest absolute Gasteiger partial charge is 0.349 e. The fourth-order valence-electron chi connectivity index (χ4n) is 2.30. The van der Waals surface area contributed by atoms with Gasteiger partial charge in [0, 0.05) is 13.1 Å². The molecule has 21 heavy (non-hydrogen) atoms. The van der Waals surface area contributed by atoms with Crippen LogP contribution in [0.15, 0.2) is 10.3 Å². The van der Waals surface area contributed by atoms with Crippen LogP contribution < -0.4 is 5.73 Å². The van der Waals surface area contributed by atoms with E-state index in [1.807, 2.05) is 0 Å². The second-order valence-electron chi connectivity index (χ2n) is 4.82. The van der Waals surface area contributed by atoms with E-state index >= 15 is 0 Å². The third kappa shape index (κ3) is 2.81. The molecule has 0 bridgehead atoms. The van der Waals surface area contributed by atoms with Gasteiger partial charge in [0.25, 0.3) is 0 Å². The zero-order valence-electron chi connectivity index (χ0n) is 11.7. The molecule has 2 heterocycles. The van der Waals surface area contributed by atoms with Gasteiger partial charge in [-0.3, -0.25) is 4.79 Å². The largest absolute Gasteiger partial charge is 0.465 e. The minimum Gasteiger partial charge on any atom is -0.465 e. The summed E-state index contributed by atoms with van der Waals surface area (Å²) in [4.78, 5) is 22.9. The van der Waals surface area contributed by atoms with Gasteiger partial charge in [-0.15, -0.1) is 11.3 Å². The normalized spacial score (nSPS) is 19.6. The van der Waals surface area contributed by atoms with Crippen LogP contribution in [-0.4, -0.2) is 44.8 Å². The van der Waals surface area contributed by atoms with Gasteiger partial charge in [0.05, 0.1) is 13.0 Å². The number of primary amides is 1. The number of methoxy groups -OCH3 is 1. The van der Waals surface area contributed by atoms with E-state index in [-0.39, 0.29) is 22.9 Å². The van der Waals surface area contributed by atoms with Crippen LogP contribution in [0.25, 0.3) is 0 Å². The number of amides is 1. The van der Waals surface area contributed by atoms with Crippen molar-refractivity contribution in [3.8, 4) is 0 Å². The number of esters is 1. The molecule has 1 aromatic rings. The summed E-state index contributed by atoms with van der Waals surface area (Å²) in [7, 11) is -2.64. The minimum atomic E-state index is -3.84. The number of ether oxygens (including phenoxy) is 1. The van der Waals surface area contributed by atoms with Crippen molar-refractivity contribution in [2.24, 2.45) is 11.7 Å². The maximum absolute atomic E-state index is 12.7. The van der Waals surface area contributed by atoms with Crippen LogP contribution in [-0.2, 0) is 19.6 Å². The average Bonchev–Trinajstić information content (AvgIpc) is 3.04. The Bertz CT molecular complexity index is 680. The van der Waals surface area contributed by atoms with Crippen molar-refractivity contribution in [3.05, 3.63) is 15.8 Å². The van der Waals surface area contributed by atoms with Crippen LogP contribution >= 0.6 is 11.3 Å². The third-order valence-electron chi connectivity index (χ3n) is 3.44. The number of hydrogen-bond donors (Lipinski definition) is 1. The molecule has 1 fully saturated rings. The standard InChI is InChI=1S/C12H16N2O5S2/c1-7-6-20-9(12(16)19-2)10(7)21(17,18)14-4-3-8(5-14)11(13)15/h6,8H,3-5H2,1-2H3,(H2,13,15). The van der Waals surface area contributed by atoms with Gasteiger partial charge in [0.15, 0.2) is 0 Å². The summed E-state index contributed by atoms with van der Waals surface area (Å²) in [6.07, 6.45) is 0.394. The molecule has 0 aromatic carbocycles. The molecule has 1 amide bonds. The molecule has 0 saturated carbocycles. The fourth-order valence-corrected chi connectivity index (χ4v) is 5.45. The Morgan fingerprint density at radius 2 is 2.14 bits per heavy atom. The van der Waals surface area contributed by atoms with Gasteiger partial charge >= 0.3 is 5.97 Å². The van der Waals surface area contributed by atoms with Crippen LogP contribution in [0.4, 0.5) is 0 Å². The van der Waals surface area contributed by atoms with E-state index < -0.39 is 27.8 Å². The molecule has 1 saturated heterocycles. The van der Waals surface area contributed by atoms with Gasteiger partial charge in [-0.1, -0.05) is 0 Å². The number of sulfonamides is 1. The first-order valence-corrected chi connectivity index (χ1v) is 8.57. The molecule has 1 aliphatic heterocycles. The van der Waals surface area contributed by atoms with Gasteiger partial charge in [-0.2, -0.15) is 4.31 Å². The predicted molar refractivity (Wildman–Crippen MR) is 76.5 cm³/mol. The Morgan fingerprint density at radius 3 is 2.67 bits per heavy atom. The molecule has 2 N–H and O–H groups in total. The number of carbonyl (C=O) groups excluding carboxylic acids is 2. The Labute approximate surface area is 126 Å². The minimum absolute atomic E-state index is 0.0375. The molecule has 0 aliphatic carbocycles. The predicted octanol–water partition coefficient (Wildman–Crippen LogP) is 0.339. The summed E-state index contributed by atoms with van der Waals surface area (Å²) in [5.41, 5.74) is 5.71. The molecule has 9 heteroatoms. The lowest BCUT2D eigenvalue weighted by atomic mass is 10.1. The Morgan fingerprint density at radius 1 is 1.48 bits per heavy atom. The van der Waals surface area contributed by atoms with Crippen molar-refractivity contribution in [2.45, 2.75) is 18.2 Å². The number of nitrogens with zero attached hydrogens (tertiary/aromatic N) is 1. The number of carbonyl (C=O) groups is 2. The monoisotopic (exact) mass is 332 g/mol. The second kappa shape index (κ2) is 5.74. The zero-order chi connectivity index (χ0) is 15.8. The molecule has 0 radical (unpaired) electrons. The summed E-state index contributed by atoms with van der Waals surface area (Å²) < 4.78 is 31.2. The first-order chi connectivity index (χ1) is 9.78. The van der Waals surface area contributed by atoms with Crippen molar-refractivity contribution >= 4 is 33.2 Å². The molecular formula is C12H16N2O5S2. The average molecular weight is 332 g/mol. The van der Waals surface area contributed by atoms with E-state index in [2.05, 4.69) is 4.74 Å². The van der Waals surface area contributed by atoms with E-state index in [0.29, 0.717) is 12.0 Å². The van der Waals surface area contributed by atoms with Crippen molar-refractivity contribution in [2.75, 3.05) is 20.2 Å². The van der Waals surface area contributed by atoms with Crippen molar-refractivity contribution in [1.29, 1.82) is 0 Å².